The Morgan fingerprint density at radius 1 is 1.36 bits per heavy atom. The maximum atomic E-state index is 12.2. The van der Waals surface area contributed by atoms with Gasteiger partial charge in [0.25, 0.3) is 0 Å². The number of rotatable bonds is 1. The average molecular weight is 370 g/mol. The molecule has 0 radical (unpaired) electrons. The molecule has 0 unspecified atom stereocenters. The normalized spacial score (nSPS) is 19.3. The largest absolute Gasteiger partial charge is 0.444 e. The van der Waals surface area contributed by atoms with Crippen LogP contribution in [0, 0.1) is 6.92 Å². The van der Waals surface area contributed by atoms with Gasteiger partial charge < -0.3 is 14.5 Å². The Labute approximate surface area is 140 Å². The summed E-state index contributed by atoms with van der Waals surface area (Å²) in [6, 6.07) is 4.23. The number of carbonyl (C=O) groups is 1. The van der Waals surface area contributed by atoms with Gasteiger partial charge in [0, 0.05) is 30.1 Å². The zero-order valence-electron chi connectivity index (χ0n) is 13.9. The Morgan fingerprint density at radius 2 is 2.05 bits per heavy atom. The third-order valence-corrected chi connectivity index (χ3v) is 4.42. The van der Waals surface area contributed by atoms with Crippen LogP contribution in [0.1, 0.15) is 33.4 Å². The van der Waals surface area contributed by atoms with E-state index in [0.717, 1.165) is 22.5 Å². The van der Waals surface area contributed by atoms with Gasteiger partial charge in [-0.05, 0) is 62.7 Å². The Kier molecular flexibility index (Phi) is 5.00. The van der Waals surface area contributed by atoms with Crippen molar-refractivity contribution >= 4 is 27.8 Å². The highest BCUT2D eigenvalue weighted by atomic mass is 79.9. The first kappa shape index (κ1) is 17.1. The van der Waals surface area contributed by atoms with Crippen LogP contribution in [0.4, 0.5) is 10.6 Å². The molecule has 0 aliphatic carbocycles. The smallest absolute Gasteiger partial charge is 0.410 e. The molecule has 22 heavy (non-hydrogen) atoms. The molecule has 2 heterocycles. The number of ether oxygens (including phenoxy) is 1. The summed E-state index contributed by atoms with van der Waals surface area (Å²) in [6.07, 6.45) is -0.237. The lowest BCUT2D eigenvalue weighted by molar-refractivity contribution is 0.0218. The third kappa shape index (κ3) is 4.12. The van der Waals surface area contributed by atoms with Crippen molar-refractivity contribution in [2.24, 2.45) is 0 Å². The molecule has 1 amide bonds. The summed E-state index contributed by atoms with van der Waals surface area (Å²) in [6.45, 7) is 11.8. The first-order valence-electron chi connectivity index (χ1n) is 7.55. The summed E-state index contributed by atoms with van der Waals surface area (Å²) in [5.74, 6) is 0.956. The third-order valence-electron chi connectivity index (χ3n) is 3.58. The Hall–Kier alpha value is -1.30. The minimum atomic E-state index is -0.457. The van der Waals surface area contributed by atoms with Crippen molar-refractivity contribution in [3.8, 4) is 0 Å². The molecule has 1 aromatic rings. The SMILES string of the molecule is Cc1nc(N2CCN(C(=O)OC(C)(C)C)C[C@@H]2C)ccc1Br. The monoisotopic (exact) mass is 369 g/mol. The van der Waals surface area contributed by atoms with Gasteiger partial charge in [-0.2, -0.15) is 0 Å². The lowest BCUT2D eigenvalue weighted by atomic mass is 10.2. The minimum Gasteiger partial charge on any atom is -0.444 e. The Morgan fingerprint density at radius 3 is 2.59 bits per heavy atom. The molecular formula is C16H24BrN3O2. The van der Waals surface area contributed by atoms with Crippen LogP contribution in [0.2, 0.25) is 0 Å². The quantitative estimate of drug-likeness (QED) is 0.758. The van der Waals surface area contributed by atoms with Crippen molar-refractivity contribution in [2.75, 3.05) is 24.5 Å². The van der Waals surface area contributed by atoms with Gasteiger partial charge in [-0.3, -0.25) is 0 Å². The zero-order valence-corrected chi connectivity index (χ0v) is 15.5. The number of hydrogen-bond acceptors (Lipinski definition) is 4. The number of hydrogen-bond donors (Lipinski definition) is 0. The van der Waals surface area contributed by atoms with Crippen LogP contribution in [0.5, 0.6) is 0 Å². The molecule has 1 fully saturated rings. The predicted octanol–water partition coefficient (Wildman–Crippen LogP) is 3.60. The lowest BCUT2D eigenvalue weighted by Crippen LogP contribution is -2.54. The average Bonchev–Trinajstić information content (AvgIpc) is 2.40. The van der Waals surface area contributed by atoms with Crippen LogP contribution in [-0.2, 0) is 4.74 Å². The number of piperazine rings is 1. The van der Waals surface area contributed by atoms with E-state index >= 15 is 0 Å². The molecule has 0 N–H and O–H groups in total. The maximum absolute atomic E-state index is 12.2. The molecule has 1 aliphatic heterocycles. The standard InChI is InChI=1S/C16H24BrN3O2/c1-11-10-19(15(21)22-16(3,4)5)8-9-20(11)14-7-6-13(17)12(2)18-14/h6-7,11H,8-10H2,1-5H3/t11-/m0/s1. The molecule has 1 aliphatic rings. The van der Waals surface area contributed by atoms with Crippen LogP contribution >= 0.6 is 15.9 Å². The molecule has 1 aromatic heterocycles. The fourth-order valence-electron chi connectivity index (χ4n) is 2.48. The zero-order chi connectivity index (χ0) is 16.5. The number of carbonyl (C=O) groups excluding carboxylic acids is 1. The number of amides is 1. The molecule has 2 rings (SSSR count). The second-order valence-electron chi connectivity index (χ2n) is 6.71. The molecule has 0 aromatic carbocycles. The van der Waals surface area contributed by atoms with Crippen molar-refractivity contribution in [2.45, 2.75) is 46.3 Å². The van der Waals surface area contributed by atoms with Crippen LogP contribution < -0.4 is 4.90 Å². The summed E-state index contributed by atoms with van der Waals surface area (Å²) < 4.78 is 6.46. The number of aryl methyl sites for hydroxylation is 1. The highest BCUT2D eigenvalue weighted by molar-refractivity contribution is 9.10. The number of anilines is 1. The van der Waals surface area contributed by atoms with E-state index in [-0.39, 0.29) is 12.1 Å². The minimum absolute atomic E-state index is 0.203. The Balaban J connectivity index is 2.03. The highest BCUT2D eigenvalue weighted by Crippen LogP contribution is 2.23. The van der Waals surface area contributed by atoms with Crippen LogP contribution in [0.15, 0.2) is 16.6 Å². The van der Waals surface area contributed by atoms with E-state index in [0.29, 0.717) is 13.1 Å². The number of aromatic nitrogens is 1. The summed E-state index contributed by atoms with van der Waals surface area (Å²) in [4.78, 5) is 20.8. The fourth-order valence-corrected chi connectivity index (χ4v) is 2.70. The molecule has 5 nitrogen and oxygen atoms in total. The van der Waals surface area contributed by atoms with E-state index in [2.05, 4.69) is 32.7 Å². The first-order chi connectivity index (χ1) is 10.2. The molecular weight excluding hydrogens is 346 g/mol. The van der Waals surface area contributed by atoms with Gasteiger partial charge >= 0.3 is 6.09 Å². The van der Waals surface area contributed by atoms with Crippen molar-refractivity contribution in [1.82, 2.24) is 9.88 Å². The number of pyridine rings is 1. The van der Waals surface area contributed by atoms with Crippen LogP contribution in [-0.4, -0.2) is 47.3 Å². The fraction of sp³-hybridized carbons (Fsp3) is 0.625. The maximum Gasteiger partial charge on any atom is 0.410 e. The van der Waals surface area contributed by atoms with E-state index in [1.165, 1.54) is 0 Å². The topological polar surface area (TPSA) is 45.7 Å². The second-order valence-corrected chi connectivity index (χ2v) is 7.56. The van der Waals surface area contributed by atoms with Gasteiger partial charge in [0.2, 0.25) is 0 Å². The van der Waals surface area contributed by atoms with Crippen molar-refractivity contribution in [3.63, 3.8) is 0 Å². The van der Waals surface area contributed by atoms with Gasteiger partial charge in [-0.15, -0.1) is 0 Å². The summed E-state index contributed by atoms with van der Waals surface area (Å²) in [5, 5.41) is 0. The van der Waals surface area contributed by atoms with E-state index in [1.807, 2.05) is 39.8 Å². The summed E-state index contributed by atoms with van der Waals surface area (Å²) >= 11 is 3.47. The summed E-state index contributed by atoms with van der Waals surface area (Å²) in [5.41, 5.74) is 0.515. The van der Waals surface area contributed by atoms with E-state index in [1.54, 1.807) is 4.90 Å². The number of halogens is 1. The van der Waals surface area contributed by atoms with Gasteiger partial charge in [-0.25, -0.2) is 9.78 Å². The first-order valence-corrected chi connectivity index (χ1v) is 8.34. The molecule has 0 bridgehead atoms. The molecule has 1 saturated heterocycles. The molecule has 0 saturated carbocycles. The van der Waals surface area contributed by atoms with Crippen molar-refractivity contribution in [1.29, 1.82) is 0 Å². The van der Waals surface area contributed by atoms with E-state index in [4.69, 9.17) is 4.74 Å². The van der Waals surface area contributed by atoms with E-state index < -0.39 is 5.60 Å². The molecule has 1 atom stereocenters. The van der Waals surface area contributed by atoms with Gasteiger partial charge in [-0.1, -0.05) is 0 Å². The highest BCUT2D eigenvalue weighted by Gasteiger charge is 2.30. The van der Waals surface area contributed by atoms with Gasteiger partial charge in [0.15, 0.2) is 0 Å². The molecule has 122 valence electrons. The second kappa shape index (κ2) is 6.44. The summed E-state index contributed by atoms with van der Waals surface area (Å²) in [7, 11) is 0. The van der Waals surface area contributed by atoms with Gasteiger partial charge in [0.05, 0.1) is 5.69 Å². The Bertz CT molecular complexity index is 557. The molecule has 6 heteroatoms. The lowest BCUT2D eigenvalue weighted by Gasteiger charge is -2.40. The van der Waals surface area contributed by atoms with Crippen LogP contribution in [0.25, 0.3) is 0 Å². The van der Waals surface area contributed by atoms with Crippen molar-refractivity contribution < 1.29 is 9.53 Å². The van der Waals surface area contributed by atoms with Gasteiger partial charge in [0.1, 0.15) is 11.4 Å². The van der Waals surface area contributed by atoms with E-state index in [9.17, 15) is 4.79 Å². The van der Waals surface area contributed by atoms with Crippen molar-refractivity contribution in [3.05, 3.63) is 22.3 Å². The number of nitrogens with zero attached hydrogens (tertiary/aromatic N) is 3. The van der Waals surface area contributed by atoms with Crippen LogP contribution in [0.3, 0.4) is 0 Å². The molecule has 0 spiro atoms. The predicted molar refractivity (Wildman–Crippen MR) is 91.3 cm³/mol.